The lowest BCUT2D eigenvalue weighted by Gasteiger charge is -2.14. The normalized spacial score (nSPS) is 12.0. The molecule has 0 fully saturated rings. The van der Waals surface area contributed by atoms with Crippen molar-refractivity contribution in [3.8, 4) is 0 Å². The number of amides is 1. The van der Waals surface area contributed by atoms with Gasteiger partial charge in [-0.1, -0.05) is 24.3 Å². The van der Waals surface area contributed by atoms with Gasteiger partial charge in [-0.05, 0) is 36.2 Å². The number of hydrogen-bond acceptors (Lipinski definition) is 2. The smallest absolute Gasteiger partial charge is 0.245 e. The Morgan fingerprint density at radius 3 is 2.50 bits per heavy atom. The zero-order valence-corrected chi connectivity index (χ0v) is 10.9. The van der Waals surface area contributed by atoms with Crippen LogP contribution in [0.15, 0.2) is 42.5 Å². The maximum absolute atomic E-state index is 13.1. The molecule has 1 atom stereocenters. The van der Waals surface area contributed by atoms with Crippen molar-refractivity contribution in [1.29, 1.82) is 0 Å². The molecule has 3 nitrogen and oxygen atoms in total. The van der Waals surface area contributed by atoms with Crippen molar-refractivity contribution in [3.05, 3.63) is 65.2 Å². The topological polar surface area (TPSA) is 55.1 Å². The van der Waals surface area contributed by atoms with E-state index >= 15 is 0 Å². The summed E-state index contributed by atoms with van der Waals surface area (Å²) in [5, 5.41) is 2.66. The minimum atomic E-state index is -1.07. The van der Waals surface area contributed by atoms with E-state index in [0.717, 1.165) is 17.7 Å². The maximum Gasteiger partial charge on any atom is 0.245 e. The highest BCUT2D eigenvalue weighted by atomic mass is 19.2. The summed E-state index contributed by atoms with van der Waals surface area (Å²) >= 11 is 0. The number of aryl methyl sites for hydroxylation is 1. The summed E-state index contributed by atoms with van der Waals surface area (Å²) < 4.78 is 26.0. The first-order chi connectivity index (χ1) is 9.49. The molecular formula is C15H14F2N2O. The first-order valence-electron chi connectivity index (χ1n) is 6.06. The van der Waals surface area contributed by atoms with Crippen molar-refractivity contribution in [2.45, 2.75) is 13.0 Å². The highest BCUT2D eigenvalue weighted by Crippen LogP contribution is 2.18. The van der Waals surface area contributed by atoms with E-state index in [0.29, 0.717) is 5.69 Å². The van der Waals surface area contributed by atoms with Gasteiger partial charge < -0.3 is 11.1 Å². The minimum Gasteiger partial charge on any atom is -0.324 e. The zero-order valence-electron chi connectivity index (χ0n) is 10.9. The number of nitrogens with one attached hydrogen (secondary N) is 1. The van der Waals surface area contributed by atoms with Crippen molar-refractivity contribution in [2.24, 2.45) is 5.73 Å². The first kappa shape index (κ1) is 14.1. The van der Waals surface area contributed by atoms with E-state index in [1.807, 2.05) is 19.1 Å². The number of carbonyl (C=O) groups excluding carboxylic acids is 1. The van der Waals surface area contributed by atoms with Crippen LogP contribution >= 0.6 is 0 Å². The number of carbonyl (C=O) groups is 1. The van der Waals surface area contributed by atoms with Crippen LogP contribution < -0.4 is 11.1 Å². The van der Waals surface area contributed by atoms with Gasteiger partial charge >= 0.3 is 0 Å². The molecule has 1 unspecified atom stereocenters. The third kappa shape index (κ3) is 3.00. The Morgan fingerprint density at radius 2 is 1.85 bits per heavy atom. The molecule has 104 valence electrons. The van der Waals surface area contributed by atoms with Gasteiger partial charge in [0.2, 0.25) is 5.91 Å². The van der Waals surface area contributed by atoms with E-state index < -0.39 is 23.6 Å². The molecule has 5 heteroatoms. The van der Waals surface area contributed by atoms with Crippen LogP contribution in [0.4, 0.5) is 14.5 Å². The van der Waals surface area contributed by atoms with E-state index in [2.05, 4.69) is 5.32 Å². The molecule has 2 aromatic carbocycles. The van der Waals surface area contributed by atoms with Crippen LogP contribution in [0.3, 0.4) is 0 Å². The summed E-state index contributed by atoms with van der Waals surface area (Å²) in [6, 6.07) is 9.32. The summed E-state index contributed by atoms with van der Waals surface area (Å²) in [7, 11) is 0. The van der Waals surface area contributed by atoms with Crippen LogP contribution in [0.5, 0.6) is 0 Å². The molecule has 0 saturated carbocycles. The number of halogens is 2. The number of hydrogen-bond donors (Lipinski definition) is 2. The van der Waals surface area contributed by atoms with E-state index in [9.17, 15) is 13.6 Å². The molecule has 2 rings (SSSR count). The summed E-state index contributed by atoms with van der Waals surface area (Å²) in [5.41, 5.74) is 7.49. The van der Waals surface area contributed by atoms with Crippen molar-refractivity contribution < 1.29 is 13.6 Å². The standard InChI is InChI=1S/C15H14F2N2O/c1-9-4-2-3-5-13(9)19-15(20)14(18)10-6-7-11(16)12(17)8-10/h2-8,14H,18H2,1H3,(H,19,20). The molecule has 0 aliphatic carbocycles. The second-order valence-electron chi connectivity index (χ2n) is 4.46. The number of para-hydroxylation sites is 1. The van der Waals surface area contributed by atoms with Crippen LogP contribution in [-0.2, 0) is 4.79 Å². The molecule has 0 aromatic heterocycles. The van der Waals surface area contributed by atoms with Crippen LogP contribution in [0, 0.1) is 18.6 Å². The molecule has 0 bridgehead atoms. The van der Waals surface area contributed by atoms with E-state index in [1.54, 1.807) is 12.1 Å². The van der Waals surface area contributed by atoms with Gasteiger partial charge in [-0.3, -0.25) is 4.79 Å². The lowest BCUT2D eigenvalue weighted by Crippen LogP contribution is -2.28. The largest absolute Gasteiger partial charge is 0.324 e. The third-order valence-electron chi connectivity index (χ3n) is 2.99. The van der Waals surface area contributed by atoms with Crippen LogP contribution in [0.1, 0.15) is 17.2 Å². The van der Waals surface area contributed by atoms with Gasteiger partial charge in [0.25, 0.3) is 0 Å². The average molecular weight is 276 g/mol. The number of rotatable bonds is 3. The van der Waals surface area contributed by atoms with E-state index in [1.165, 1.54) is 6.07 Å². The quantitative estimate of drug-likeness (QED) is 0.905. The molecular weight excluding hydrogens is 262 g/mol. The number of anilines is 1. The van der Waals surface area contributed by atoms with Gasteiger partial charge in [0.1, 0.15) is 6.04 Å². The predicted octanol–water partition coefficient (Wildman–Crippen LogP) is 2.91. The fourth-order valence-corrected chi connectivity index (χ4v) is 1.78. The Balaban J connectivity index is 2.16. The van der Waals surface area contributed by atoms with Crippen LogP contribution in [0.2, 0.25) is 0 Å². The Kier molecular flexibility index (Phi) is 4.10. The molecule has 0 heterocycles. The second-order valence-corrected chi connectivity index (χ2v) is 4.46. The molecule has 20 heavy (non-hydrogen) atoms. The molecule has 0 aliphatic rings. The van der Waals surface area contributed by atoms with Crippen molar-refractivity contribution >= 4 is 11.6 Å². The average Bonchev–Trinajstić information content (AvgIpc) is 2.43. The van der Waals surface area contributed by atoms with Crippen molar-refractivity contribution in [1.82, 2.24) is 0 Å². The molecule has 0 saturated heterocycles. The van der Waals surface area contributed by atoms with Gasteiger partial charge in [-0.2, -0.15) is 0 Å². The van der Waals surface area contributed by atoms with E-state index in [4.69, 9.17) is 5.73 Å². The summed E-state index contributed by atoms with van der Waals surface area (Å²) in [5.74, 6) is -2.48. The Hall–Kier alpha value is -2.27. The lowest BCUT2D eigenvalue weighted by molar-refractivity contribution is -0.117. The maximum atomic E-state index is 13.1. The summed E-state index contributed by atoms with van der Waals surface area (Å²) in [6.07, 6.45) is 0. The van der Waals surface area contributed by atoms with Crippen molar-refractivity contribution in [2.75, 3.05) is 5.32 Å². The van der Waals surface area contributed by atoms with Gasteiger partial charge in [-0.25, -0.2) is 8.78 Å². The van der Waals surface area contributed by atoms with Crippen LogP contribution in [0.25, 0.3) is 0 Å². The Morgan fingerprint density at radius 1 is 1.15 bits per heavy atom. The zero-order chi connectivity index (χ0) is 14.7. The fraction of sp³-hybridized carbons (Fsp3) is 0.133. The van der Waals surface area contributed by atoms with Crippen LogP contribution in [-0.4, -0.2) is 5.91 Å². The molecule has 3 N–H and O–H groups in total. The van der Waals surface area contributed by atoms with Gasteiger partial charge in [0, 0.05) is 5.69 Å². The monoisotopic (exact) mass is 276 g/mol. The molecule has 2 aromatic rings. The SMILES string of the molecule is Cc1ccccc1NC(=O)C(N)c1ccc(F)c(F)c1. The predicted molar refractivity (Wildman–Crippen MR) is 73.1 cm³/mol. The van der Waals surface area contributed by atoms with Gasteiger partial charge in [-0.15, -0.1) is 0 Å². The third-order valence-corrected chi connectivity index (χ3v) is 2.99. The lowest BCUT2D eigenvalue weighted by atomic mass is 10.1. The molecule has 0 radical (unpaired) electrons. The molecule has 0 aliphatic heterocycles. The number of benzene rings is 2. The minimum absolute atomic E-state index is 0.218. The van der Waals surface area contributed by atoms with Gasteiger partial charge in [0.05, 0.1) is 0 Å². The highest BCUT2D eigenvalue weighted by molar-refractivity contribution is 5.95. The Labute approximate surface area is 115 Å². The fourth-order valence-electron chi connectivity index (χ4n) is 1.78. The first-order valence-corrected chi connectivity index (χ1v) is 6.06. The van der Waals surface area contributed by atoms with E-state index in [-0.39, 0.29) is 5.56 Å². The summed E-state index contributed by atoms with van der Waals surface area (Å²) in [4.78, 5) is 12.0. The second kappa shape index (κ2) is 5.79. The van der Waals surface area contributed by atoms with Gasteiger partial charge in [0.15, 0.2) is 11.6 Å². The summed E-state index contributed by atoms with van der Waals surface area (Å²) in [6.45, 7) is 1.85. The van der Waals surface area contributed by atoms with Crippen molar-refractivity contribution in [3.63, 3.8) is 0 Å². The molecule has 0 spiro atoms. The Bertz CT molecular complexity index is 644. The molecule has 1 amide bonds. The highest BCUT2D eigenvalue weighted by Gasteiger charge is 2.18. The number of nitrogens with two attached hydrogens (primary N) is 1.